The van der Waals surface area contributed by atoms with Gasteiger partial charge in [-0.3, -0.25) is 9.59 Å². The van der Waals surface area contributed by atoms with Crippen LogP contribution in [-0.4, -0.2) is 66.1 Å². The summed E-state index contributed by atoms with van der Waals surface area (Å²) in [6, 6.07) is 11.1. The fraction of sp³-hybridized carbons (Fsp3) is 0.261. The molecule has 0 spiro atoms. The predicted molar refractivity (Wildman–Crippen MR) is 125 cm³/mol. The number of aromatic hydroxyl groups is 1. The summed E-state index contributed by atoms with van der Waals surface area (Å²) < 4.78 is 5.67. The largest absolute Gasteiger partial charge is 0.506 e. The number of carbonyl (C=O) groups excluding carboxylic acids is 2. The number of nitrogens with zero attached hydrogens (tertiary/aromatic N) is 3. The number of benzene rings is 2. The van der Waals surface area contributed by atoms with Crippen molar-refractivity contribution in [2.75, 3.05) is 34.3 Å². The zero-order valence-electron chi connectivity index (χ0n) is 18.3. The third-order valence-electron chi connectivity index (χ3n) is 4.65. The molecule has 2 N–H and O–H groups in total. The topological polar surface area (TPSA) is 114 Å². The van der Waals surface area contributed by atoms with Crippen molar-refractivity contribution in [2.45, 2.75) is 6.42 Å². The molecule has 0 atom stereocenters. The molecule has 0 bridgehead atoms. The predicted octanol–water partition coefficient (Wildman–Crippen LogP) is 3.66. The molecule has 174 valence electrons. The van der Waals surface area contributed by atoms with Gasteiger partial charge in [0, 0.05) is 26.7 Å². The fourth-order valence-corrected chi connectivity index (χ4v) is 3.21. The molecule has 0 saturated carbocycles. The highest BCUT2D eigenvalue weighted by Gasteiger charge is 2.21. The van der Waals surface area contributed by atoms with Crippen molar-refractivity contribution in [1.29, 1.82) is 5.26 Å². The van der Waals surface area contributed by atoms with E-state index in [0.717, 1.165) is 5.56 Å². The van der Waals surface area contributed by atoms with Crippen LogP contribution in [0.3, 0.4) is 0 Å². The molecular formula is C23H23Cl2N3O5. The van der Waals surface area contributed by atoms with E-state index in [-0.39, 0.29) is 46.8 Å². The van der Waals surface area contributed by atoms with Crippen molar-refractivity contribution in [3.63, 3.8) is 0 Å². The molecule has 0 fully saturated rings. The minimum atomic E-state index is -0.732. The number of amides is 2. The highest BCUT2D eigenvalue weighted by Crippen LogP contribution is 2.35. The van der Waals surface area contributed by atoms with Crippen LogP contribution in [0.25, 0.3) is 5.76 Å². The Balaban J connectivity index is 2.06. The van der Waals surface area contributed by atoms with E-state index in [0.29, 0.717) is 5.75 Å². The maximum Gasteiger partial charge on any atom is 0.268 e. The van der Waals surface area contributed by atoms with Crippen LogP contribution in [0.5, 0.6) is 11.5 Å². The van der Waals surface area contributed by atoms with Crippen LogP contribution < -0.4 is 4.74 Å². The maximum atomic E-state index is 12.7. The van der Waals surface area contributed by atoms with Crippen molar-refractivity contribution in [1.82, 2.24) is 9.80 Å². The normalized spacial score (nSPS) is 11.3. The Hall–Kier alpha value is -3.41. The smallest absolute Gasteiger partial charge is 0.268 e. The molecule has 0 aromatic heterocycles. The number of carbonyl (C=O) groups is 2. The number of nitriles is 1. The minimum absolute atomic E-state index is 0.0152. The van der Waals surface area contributed by atoms with Crippen LogP contribution >= 0.6 is 23.2 Å². The van der Waals surface area contributed by atoms with E-state index in [9.17, 15) is 25.1 Å². The Morgan fingerprint density at radius 2 is 1.76 bits per heavy atom. The highest BCUT2D eigenvalue weighted by molar-refractivity contribution is 6.37. The zero-order chi connectivity index (χ0) is 24.7. The van der Waals surface area contributed by atoms with E-state index in [4.69, 9.17) is 27.9 Å². The van der Waals surface area contributed by atoms with Gasteiger partial charge in [0.15, 0.2) is 11.3 Å². The molecule has 0 heterocycles. The molecule has 10 heteroatoms. The van der Waals surface area contributed by atoms with Gasteiger partial charge in [0.2, 0.25) is 5.91 Å². The lowest BCUT2D eigenvalue weighted by molar-refractivity contribution is -0.128. The number of phenolic OH excluding ortho intramolecular Hbond substituents is 1. The number of rotatable bonds is 8. The molecule has 0 aliphatic rings. The standard InChI is InChI=1S/C23H23Cl2N3O5/c1-27(2)20(29)10-14-5-4-6-16(9-14)33-8-7-28(3)23(32)17(13-26)21(30)15-11-18(24)22(31)19(25)12-15/h4-6,9,11-12,30-31H,7-8,10H2,1-3H3/b21-17-. The maximum absolute atomic E-state index is 12.7. The van der Waals surface area contributed by atoms with Gasteiger partial charge < -0.3 is 24.7 Å². The van der Waals surface area contributed by atoms with Gasteiger partial charge in [-0.1, -0.05) is 35.3 Å². The highest BCUT2D eigenvalue weighted by atomic mass is 35.5. The number of aliphatic hydroxyl groups is 1. The lowest BCUT2D eigenvalue weighted by Gasteiger charge is -2.18. The monoisotopic (exact) mass is 491 g/mol. The number of halogens is 2. The number of hydrogen-bond acceptors (Lipinski definition) is 6. The Kier molecular flexibility index (Phi) is 8.97. The van der Waals surface area contributed by atoms with E-state index < -0.39 is 17.2 Å². The summed E-state index contributed by atoms with van der Waals surface area (Å²) in [6.45, 7) is 0.235. The molecule has 0 unspecified atom stereocenters. The molecule has 33 heavy (non-hydrogen) atoms. The molecular weight excluding hydrogens is 469 g/mol. The average Bonchev–Trinajstić information content (AvgIpc) is 2.77. The second-order valence-electron chi connectivity index (χ2n) is 7.31. The molecule has 0 radical (unpaired) electrons. The Morgan fingerprint density at radius 3 is 2.33 bits per heavy atom. The van der Waals surface area contributed by atoms with Crippen LogP contribution in [0.4, 0.5) is 0 Å². The lowest BCUT2D eigenvalue weighted by Crippen LogP contribution is -2.32. The summed E-state index contributed by atoms with van der Waals surface area (Å²) in [7, 11) is 4.82. The lowest BCUT2D eigenvalue weighted by atomic mass is 10.1. The van der Waals surface area contributed by atoms with Crippen molar-refractivity contribution >= 4 is 40.8 Å². The van der Waals surface area contributed by atoms with Crippen LogP contribution in [-0.2, 0) is 16.0 Å². The summed E-state index contributed by atoms with van der Waals surface area (Å²) in [5.74, 6) is -1.22. The molecule has 2 rings (SSSR count). The molecule has 2 aromatic rings. The Morgan fingerprint density at radius 1 is 1.12 bits per heavy atom. The van der Waals surface area contributed by atoms with Gasteiger partial charge in [-0.2, -0.15) is 5.26 Å². The van der Waals surface area contributed by atoms with E-state index >= 15 is 0 Å². The van der Waals surface area contributed by atoms with Gasteiger partial charge >= 0.3 is 0 Å². The van der Waals surface area contributed by atoms with Gasteiger partial charge in [-0.05, 0) is 29.8 Å². The number of ether oxygens (including phenoxy) is 1. The van der Waals surface area contributed by atoms with Crippen molar-refractivity contribution in [2.24, 2.45) is 0 Å². The van der Waals surface area contributed by atoms with E-state index in [1.54, 1.807) is 38.4 Å². The molecule has 2 aromatic carbocycles. The van der Waals surface area contributed by atoms with Crippen LogP contribution in [0, 0.1) is 11.3 Å². The van der Waals surface area contributed by atoms with Crippen molar-refractivity contribution in [3.05, 3.63) is 63.1 Å². The SMILES string of the molecule is CN(C)C(=O)Cc1cccc(OCCN(C)C(=O)/C(C#N)=C(\O)c2cc(Cl)c(O)c(Cl)c2)c1. The van der Waals surface area contributed by atoms with E-state index in [1.807, 2.05) is 6.07 Å². The fourth-order valence-electron chi connectivity index (χ4n) is 2.72. The van der Waals surface area contributed by atoms with Gasteiger partial charge in [-0.15, -0.1) is 0 Å². The minimum Gasteiger partial charge on any atom is -0.506 e. The molecule has 2 amide bonds. The van der Waals surface area contributed by atoms with Crippen LogP contribution in [0.1, 0.15) is 11.1 Å². The third-order valence-corrected chi connectivity index (χ3v) is 5.22. The van der Waals surface area contributed by atoms with Crippen molar-refractivity contribution in [3.8, 4) is 17.6 Å². The summed E-state index contributed by atoms with van der Waals surface area (Å²) in [5.41, 5.74) is 0.294. The molecule has 0 saturated heterocycles. The first-order valence-electron chi connectivity index (χ1n) is 9.74. The zero-order valence-corrected chi connectivity index (χ0v) is 19.8. The Bertz CT molecular complexity index is 1100. The van der Waals surface area contributed by atoms with Gasteiger partial charge in [-0.25, -0.2) is 0 Å². The summed E-state index contributed by atoms with van der Waals surface area (Å²) >= 11 is 11.7. The van der Waals surface area contributed by atoms with Crippen LogP contribution in [0.15, 0.2) is 42.0 Å². The summed E-state index contributed by atoms with van der Waals surface area (Å²) in [4.78, 5) is 27.3. The first-order chi connectivity index (χ1) is 15.5. The van der Waals surface area contributed by atoms with Crippen molar-refractivity contribution < 1.29 is 24.5 Å². The first kappa shape index (κ1) is 25.8. The third kappa shape index (κ3) is 6.78. The van der Waals surface area contributed by atoms with Gasteiger partial charge in [0.1, 0.15) is 24.2 Å². The van der Waals surface area contributed by atoms with E-state index in [2.05, 4.69) is 0 Å². The number of hydrogen-bond donors (Lipinski definition) is 2. The van der Waals surface area contributed by atoms with Gasteiger partial charge in [0.25, 0.3) is 5.91 Å². The van der Waals surface area contributed by atoms with Crippen LogP contribution in [0.2, 0.25) is 10.0 Å². The summed E-state index contributed by atoms with van der Waals surface area (Å²) in [6.07, 6.45) is 0.240. The average molecular weight is 492 g/mol. The second-order valence-corrected chi connectivity index (χ2v) is 8.13. The molecule has 8 nitrogen and oxygen atoms in total. The summed E-state index contributed by atoms with van der Waals surface area (Å²) in [5, 5.41) is 29.2. The second kappa shape index (κ2) is 11.5. The first-order valence-corrected chi connectivity index (χ1v) is 10.5. The Labute approximate surface area is 201 Å². The molecule has 0 aliphatic heterocycles. The number of aliphatic hydroxyl groups excluding tert-OH is 1. The number of phenols is 1. The quantitative estimate of drug-likeness (QED) is 0.330. The van der Waals surface area contributed by atoms with E-state index in [1.165, 1.54) is 29.0 Å². The molecule has 0 aliphatic carbocycles. The number of likely N-dealkylation sites (N-methyl/N-ethyl adjacent to an activating group) is 2. The van der Waals surface area contributed by atoms with Gasteiger partial charge in [0.05, 0.1) is 23.0 Å².